The number of nitrogens with zero attached hydrogens (tertiary/aromatic N) is 1. The predicted molar refractivity (Wildman–Crippen MR) is 70.8 cm³/mol. The summed E-state index contributed by atoms with van der Waals surface area (Å²) in [6.07, 6.45) is 1.52. The van der Waals surface area contributed by atoms with E-state index in [1.807, 2.05) is 35.2 Å². The van der Waals surface area contributed by atoms with Crippen molar-refractivity contribution in [3.05, 3.63) is 35.9 Å². The Morgan fingerprint density at radius 1 is 1.25 bits per heavy atom. The fourth-order valence-electron chi connectivity index (χ4n) is 1.62. The van der Waals surface area contributed by atoms with E-state index >= 15 is 0 Å². The number of hydrogen-bond acceptors (Lipinski definition) is 1. The summed E-state index contributed by atoms with van der Waals surface area (Å²) in [5.74, 6) is 0.215. The van der Waals surface area contributed by atoms with Gasteiger partial charge in [0.2, 0.25) is 5.91 Å². The normalized spacial score (nSPS) is 10.1. The molecule has 1 aromatic carbocycles. The fraction of sp³-hybridized carbons (Fsp3) is 0.462. The Morgan fingerprint density at radius 2 is 1.94 bits per heavy atom. The standard InChI is InChI=1S/C13H18BrNO/c1-2-9-15(10-8-14)13(16)11-12-6-4-3-5-7-12/h3-7H,2,8-11H2,1H3. The van der Waals surface area contributed by atoms with Crippen LogP contribution in [0.1, 0.15) is 18.9 Å². The molecule has 1 amide bonds. The molecule has 0 N–H and O–H groups in total. The smallest absolute Gasteiger partial charge is 0.227 e. The maximum absolute atomic E-state index is 12.0. The Hall–Kier alpha value is -0.830. The maximum Gasteiger partial charge on any atom is 0.227 e. The zero-order valence-electron chi connectivity index (χ0n) is 9.66. The second kappa shape index (κ2) is 7.44. The SMILES string of the molecule is CCCN(CCBr)C(=O)Cc1ccccc1. The minimum Gasteiger partial charge on any atom is -0.342 e. The highest BCUT2D eigenvalue weighted by Crippen LogP contribution is 2.04. The lowest BCUT2D eigenvalue weighted by atomic mass is 10.1. The van der Waals surface area contributed by atoms with Crippen LogP contribution < -0.4 is 0 Å². The molecule has 0 heterocycles. The van der Waals surface area contributed by atoms with E-state index in [4.69, 9.17) is 0 Å². The highest BCUT2D eigenvalue weighted by molar-refractivity contribution is 9.09. The molecule has 0 spiro atoms. The van der Waals surface area contributed by atoms with Gasteiger partial charge in [0.1, 0.15) is 0 Å². The van der Waals surface area contributed by atoms with Gasteiger partial charge in [0.15, 0.2) is 0 Å². The van der Waals surface area contributed by atoms with E-state index in [2.05, 4.69) is 22.9 Å². The molecule has 0 fully saturated rings. The van der Waals surface area contributed by atoms with Gasteiger partial charge in [-0.05, 0) is 12.0 Å². The van der Waals surface area contributed by atoms with Crippen molar-refractivity contribution >= 4 is 21.8 Å². The molecule has 0 atom stereocenters. The first kappa shape index (κ1) is 13.2. The monoisotopic (exact) mass is 283 g/mol. The molecule has 0 aliphatic heterocycles. The lowest BCUT2D eigenvalue weighted by molar-refractivity contribution is -0.130. The van der Waals surface area contributed by atoms with Gasteiger partial charge in [-0.15, -0.1) is 0 Å². The molecule has 88 valence electrons. The topological polar surface area (TPSA) is 20.3 Å². The Labute approximate surface area is 106 Å². The van der Waals surface area contributed by atoms with Crippen LogP contribution in [0.2, 0.25) is 0 Å². The van der Waals surface area contributed by atoms with Crippen LogP contribution >= 0.6 is 15.9 Å². The lowest BCUT2D eigenvalue weighted by Gasteiger charge is -2.21. The maximum atomic E-state index is 12.0. The number of hydrogen-bond donors (Lipinski definition) is 0. The van der Waals surface area contributed by atoms with Gasteiger partial charge in [0, 0.05) is 18.4 Å². The summed E-state index contributed by atoms with van der Waals surface area (Å²) < 4.78 is 0. The van der Waals surface area contributed by atoms with E-state index < -0.39 is 0 Å². The van der Waals surface area contributed by atoms with Crippen LogP contribution in [0.15, 0.2) is 30.3 Å². The number of carbonyl (C=O) groups excluding carboxylic acids is 1. The average Bonchev–Trinajstić information content (AvgIpc) is 2.30. The molecular formula is C13H18BrNO. The van der Waals surface area contributed by atoms with Crippen molar-refractivity contribution in [2.45, 2.75) is 19.8 Å². The first-order chi connectivity index (χ1) is 7.77. The van der Waals surface area contributed by atoms with E-state index in [0.717, 1.165) is 30.4 Å². The van der Waals surface area contributed by atoms with Crippen molar-refractivity contribution < 1.29 is 4.79 Å². The van der Waals surface area contributed by atoms with Gasteiger partial charge in [-0.2, -0.15) is 0 Å². The van der Waals surface area contributed by atoms with Crippen molar-refractivity contribution in [1.29, 1.82) is 0 Å². The third-order valence-electron chi connectivity index (χ3n) is 2.40. The van der Waals surface area contributed by atoms with Gasteiger partial charge in [-0.25, -0.2) is 0 Å². The molecule has 3 heteroatoms. The first-order valence-electron chi connectivity index (χ1n) is 5.65. The van der Waals surface area contributed by atoms with Crippen LogP contribution in [0, 0.1) is 0 Å². The summed E-state index contributed by atoms with van der Waals surface area (Å²) >= 11 is 3.38. The second-order valence-electron chi connectivity index (χ2n) is 3.73. The van der Waals surface area contributed by atoms with E-state index in [1.54, 1.807) is 0 Å². The third-order valence-corrected chi connectivity index (χ3v) is 2.75. The van der Waals surface area contributed by atoms with Gasteiger partial charge < -0.3 is 4.90 Å². The molecule has 1 aromatic rings. The van der Waals surface area contributed by atoms with Gasteiger partial charge in [-0.1, -0.05) is 53.2 Å². The summed E-state index contributed by atoms with van der Waals surface area (Å²) in [6.45, 7) is 3.73. The quantitative estimate of drug-likeness (QED) is 0.736. The zero-order chi connectivity index (χ0) is 11.8. The van der Waals surface area contributed by atoms with Crippen LogP contribution in [-0.4, -0.2) is 29.2 Å². The van der Waals surface area contributed by atoms with Crippen LogP contribution in [0.4, 0.5) is 0 Å². The van der Waals surface area contributed by atoms with E-state index in [9.17, 15) is 4.79 Å². The largest absolute Gasteiger partial charge is 0.342 e. The molecule has 0 unspecified atom stereocenters. The summed E-state index contributed by atoms with van der Waals surface area (Å²) in [4.78, 5) is 13.9. The summed E-state index contributed by atoms with van der Waals surface area (Å²) in [5.41, 5.74) is 1.09. The van der Waals surface area contributed by atoms with E-state index in [-0.39, 0.29) is 5.91 Å². The number of carbonyl (C=O) groups is 1. The Morgan fingerprint density at radius 3 is 2.50 bits per heavy atom. The Bertz CT molecular complexity index is 307. The van der Waals surface area contributed by atoms with Crippen molar-refractivity contribution in [2.75, 3.05) is 18.4 Å². The summed E-state index contributed by atoms with van der Waals surface area (Å²) in [5, 5.41) is 0.841. The average molecular weight is 284 g/mol. The minimum absolute atomic E-state index is 0.215. The molecular weight excluding hydrogens is 266 g/mol. The highest BCUT2D eigenvalue weighted by atomic mass is 79.9. The van der Waals surface area contributed by atoms with Crippen molar-refractivity contribution in [1.82, 2.24) is 4.90 Å². The molecule has 0 aliphatic carbocycles. The molecule has 0 saturated heterocycles. The summed E-state index contributed by atoms with van der Waals surface area (Å²) in [6, 6.07) is 9.90. The molecule has 0 aromatic heterocycles. The van der Waals surface area contributed by atoms with E-state index in [0.29, 0.717) is 6.42 Å². The Kier molecular flexibility index (Phi) is 6.16. The molecule has 0 aliphatic rings. The zero-order valence-corrected chi connectivity index (χ0v) is 11.2. The fourth-order valence-corrected chi connectivity index (χ4v) is 2.04. The van der Waals surface area contributed by atoms with Gasteiger partial charge in [0.05, 0.1) is 6.42 Å². The van der Waals surface area contributed by atoms with Crippen LogP contribution in [0.25, 0.3) is 0 Å². The van der Waals surface area contributed by atoms with Gasteiger partial charge >= 0.3 is 0 Å². The van der Waals surface area contributed by atoms with Crippen molar-refractivity contribution in [3.8, 4) is 0 Å². The number of amides is 1. The van der Waals surface area contributed by atoms with Gasteiger partial charge in [0.25, 0.3) is 0 Å². The minimum atomic E-state index is 0.215. The highest BCUT2D eigenvalue weighted by Gasteiger charge is 2.11. The molecule has 2 nitrogen and oxygen atoms in total. The molecule has 0 bridgehead atoms. The van der Waals surface area contributed by atoms with Crippen molar-refractivity contribution in [3.63, 3.8) is 0 Å². The molecule has 0 radical (unpaired) electrons. The van der Waals surface area contributed by atoms with Crippen LogP contribution in [0.5, 0.6) is 0 Å². The lowest BCUT2D eigenvalue weighted by Crippen LogP contribution is -2.34. The number of halogens is 1. The van der Waals surface area contributed by atoms with Gasteiger partial charge in [-0.3, -0.25) is 4.79 Å². The first-order valence-corrected chi connectivity index (χ1v) is 6.77. The second-order valence-corrected chi connectivity index (χ2v) is 4.53. The van der Waals surface area contributed by atoms with Crippen molar-refractivity contribution in [2.24, 2.45) is 0 Å². The molecule has 16 heavy (non-hydrogen) atoms. The predicted octanol–water partition coefficient (Wildman–Crippen LogP) is 2.86. The molecule has 1 rings (SSSR count). The molecule has 0 saturated carbocycles. The van der Waals surface area contributed by atoms with Crippen LogP contribution in [0.3, 0.4) is 0 Å². The number of rotatable bonds is 6. The van der Waals surface area contributed by atoms with E-state index in [1.165, 1.54) is 0 Å². The number of alkyl halides is 1. The number of benzene rings is 1. The third kappa shape index (κ3) is 4.35. The Balaban J connectivity index is 2.55. The van der Waals surface area contributed by atoms with Crippen LogP contribution in [-0.2, 0) is 11.2 Å². The summed E-state index contributed by atoms with van der Waals surface area (Å²) in [7, 11) is 0.